The first kappa shape index (κ1) is 23.3. The summed E-state index contributed by atoms with van der Waals surface area (Å²) in [7, 11) is 0. The molecule has 0 aliphatic carbocycles. The zero-order valence-electron chi connectivity index (χ0n) is 20.2. The fourth-order valence-corrected chi connectivity index (χ4v) is 5.50. The molecule has 12 nitrogen and oxygen atoms in total. The third kappa shape index (κ3) is 5.39. The van der Waals surface area contributed by atoms with Crippen molar-refractivity contribution < 1.29 is 28.4 Å². The van der Waals surface area contributed by atoms with E-state index in [9.17, 15) is 14.4 Å². The Labute approximate surface area is 207 Å². The summed E-state index contributed by atoms with van der Waals surface area (Å²) >= 11 is 0. The number of hydrogen-bond acceptors (Lipinski definition) is 9. The Hall–Kier alpha value is -1.83. The van der Waals surface area contributed by atoms with E-state index in [0.29, 0.717) is 78.2 Å². The van der Waals surface area contributed by atoms with E-state index in [0.717, 1.165) is 0 Å². The normalized spacial score (nSPS) is 35.7. The van der Waals surface area contributed by atoms with E-state index in [1.165, 1.54) is 13.7 Å². The van der Waals surface area contributed by atoms with Gasteiger partial charge in [-0.25, -0.2) is 28.1 Å². The number of epoxide rings is 6. The molecule has 36 heavy (non-hydrogen) atoms. The zero-order chi connectivity index (χ0) is 24.4. The number of hydrogen-bond donors (Lipinski definition) is 0. The van der Waals surface area contributed by atoms with Crippen molar-refractivity contribution in [2.75, 3.05) is 39.6 Å². The largest absolute Gasteiger partial charge is 0.373 e. The second-order valence-electron chi connectivity index (χ2n) is 11.1. The van der Waals surface area contributed by atoms with Gasteiger partial charge in [-0.05, 0) is 38.5 Å². The molecule has 7 rings (SSSR count). The van der Waals surface area contributed by atoms with E-state index in [4.69, 9.17) is 28.4 Å². The summed E-state index contributed by atoms with van der Waals surface area (Å²) in [6.45, 7) is 3.70. The summed E-state index contributed by atoms with van der Waals surface area (Å²) in [6.07, 6.45) is 3.32. The molecule has 1 aromatic rings. The Bertz CT molecular complexity index is 938. The highest BCUT2D eigenvalue weighted by atomic mass is 16.6. The van der Waals surface area contributed by atoms with Gasteiger partial charge in [0.05, 0.1) is 76.3 Å². The molecule has 0 amide bonds. The quantitative estimate of drug-likeness (QED) is 0.288. The molecule has 7 heterocycles. The van der Waals surface area contributed by atoms with Gasteiger partial charge in [-0.2, -0.15) is 0 Å². The van der Waals surface area contributed by atoms with Crippen LogP contribution in [0.1, 0.15) is 56.7 Å². The van der Waals surface area contributed by atoms with Gasteiger partial charge in [0, 0.05) is 18.1 Å². The lowest BCUT2D eigenvalue weighted by Crippen LogP contribution is -2.58. The number of aromatic nitrogens is 3. The highest BCUT2D eigenvalue weighted by molar-refractivity contribution is 4.96. The van der Waals surface area contributed by atoms with Crippen LogP contribution in [0.5, 0.6) is 0 Å². The maximum atomic E-state index is 14.0. The number of rotatable bonds is 15. The number of ether oxygens (including phenoxy) is 6. The third-order valence-electron chi connectivity index (χ3n) is 7.96. The lowest BCUT2D eigenvalue weighted by Gasteiger charge is -2.26. The van der Waals surface area contributed by atoms with Gasteiger partial charge in [-0.3, -0.25) is 0 Å². The fraction of sp³-hybridized carbons (Fsp3) is 0.875. The van der Waals surface area contributed by atoms with Crippen LogP contribution < -0.4 is 17.1 Å². The van der Waals surface area contributed by atoms with Crippen LogP contribution in [0, 0.1) is 0 Å². The molecular formula is C24H33N3O9. The van der Waals surface area contributed by atoms with E-state index in [2.05, 4.69) is 0 Å². The molecule has 6 fully saturated rings. The monoisotopic (exact) mass is 507 g/mol. The topological polar surface area (TPSA) is 141 Å². The Balaban J connectivity index is 1.35. The van der Waals surface area contributed by atoms with Crippen LogP contribution in [-0.4, -0.2) is 90.0 Å². The summed E-state index contributed by atoms with van der Waals surface area (Å²) in [4.78, 5) is 42.1. The van der Waals surface area contributed by atoms with Gasteiger partial charge in [0.15, 0.2) is 0 Å². The van der Waals surface area contributed by atoms with Crippen LogP contribution in [0.15, 0.2) is 14.4 Å². The van der Waals surface area contributed by atoms with E-state index >= 15 is 0 Å². The van der Waals surface area contributed by atoms with Crippen molar-refractivity contribution in [3.8, 4) is 0 Å². The minimum absolute atomic E-state index is 0.0138. The molecule has 6 aliphatic rings. The Morgan fingerprint density at radius 1 is 0.444 bits per heavy atom. The molecule has 12 heteroatoms. The molecule has 0 N–H and O–H groups in total. The molecule has 6 atom stereocenters. The fourth-order valence-electron chi connectivity index (χ4n) is 5.50. The Morgan fingerprint density at radius 2 is 0.611 bits per heavy atom. The molecule has 6 aliphatic heterocycles. The maximum Gasteiger partial charge on any atom is 0.336 e. The summed E-state index contributed by atoms with van der Waals surface area (Å²) in [6, 6.07) is -1.23. The van der Waals surface area contributed by atoms with Crippen molar-refractivity contribution in [2.45, 2.75) is 93.3 Å². The van der Waals surface area contributed by atoms with Crippen LogP contribution in [0.4, 0.5) is 0 Å². The molecule has 198 valence electrons. The molecule has 1 aromatic heterocycles. The van der Waals surface area contributed by atoms with Gasteiger partial charge < -0.3 is 28.4 Å². The van der Waals surface area contributed by atoms with Crippen LogP contribution >= 0.6 is 0 Å². The van der Waals surface area contributed by atoms with Gasteiger partial charge in [0.1, 0.15) is 0 Å². The second kappa shape index (κ2) is 9.17. The van der Waals surface area contributed by atoms with Crippen LogP contribution in [0.3, 0.4) is 0 Å². The van der Waals surface area contributed by atoms with Gasteiger partial charge in [-0.1, -0.05) is 0 Å². The van der Waals surface area contributed by atoms with Crippen molar-refractivity contribution in [3.05, 3.63) is 31.5 Å². The molecule has 0 spiro atoms. The Kier molecular flexibility index (Phi) is 5.94. The van der Waals surface area contributed by atoms with E-state index in [1.807, 2.05) is 0 Å². The van der Waals surface area contributed by atoms with Crippen LogP contribution in [0.2, 0.25) is 0 Å². The summed E-state index contributed by atoms with van der Waals surface area (Å²) < 4.78 is 36.7. The molecular weight excluding hydrogens is 474 g/mol. The van der Waals surface area contributed by atoms with E-state index < -0.39 is 35.2 Å². The second-order valence-corrected chi connectivity index (χ2v) is 11.1. The highest BCUT2D eigenvalue weighted by Crippen LogP contribution is 2.33. The van der Waals surface area contributed by atoms with Crippen molar-refractivity contribution in [1.29, 1.82) is 0 Å². The molecule has 6 unspecified atom stereocenters. The molecule has 0 bridgehead atoms. The molecule has 0 radical (unpaired) electrons. The smallest absolute Gasteiger partial charge is 0.336 e. The number of nitrogens with zero attached hydrogens (tertiary/aromatic N) is 3. The van der Waals surface area contributed by atoms with Crippen molar-refractivity contribution in [2.24, 2.45) is 0 Å². The van der Waals surface area contributed by atoms with Crippen molar-refractivity contribution in [3.63, 3.8) is 0 Å². The maximum absolute atomic E-state index is 14.0. The van der Waals surface area contributed by atoms with Gasteiger partial charge in [-0.15, -0.1) is 0 Å². The standard InChI is InChI=1S/C24H33N3O9/c28-22-25(13(1-16-7-31-16)2-17-8-32-17)23(29)27(15(5-20-11-35-20)6-21-12-36-21)24(30)26(22)14(3-18-9-33-18)4-19-10-34-19/h13-21H,1-12H2. The predicted octanol–water partition coefficient (Wildman–Crippen LogP) is -0.472. The lowest BCUT2D eigenvalue weighted by molar-refractivity contribution is 0.237. The summed E-state index contributed by atoms with van der Waals surface area (Å²) in [5, 5.41) is 0. The minimum Gasteiger partial charge on any atom is -0.373 e. The predicted molar refractivity (Wildman–Crippen MR) is 122 cm³/mol. The first-order valence-electron chi connectivity index (χ1n) is 13.2. The first-order valence-corrected chi connectivity index (χ1v) is 13.2. The van der Waals surface area contributed by atoms with Crippen LogP contribution in [-0.2, 0) is 28.4 Å². The van der Waals surface area contributed by atoms with Gasteiger partial charge in [0.25, 0.3) is 0 Å². The zero-order valence-corrected chi connectivity index (χ0v) is 20.2. The Morgan fingerprint density at radius 3 is 0.750 bits per heavy atom. The first-order chi connectivity index (χ1) is 17.5. The van der Waals surface area contributed by atoms with E-state index in [1.54, 1.807) is 0 Å². The average molecular weight is 508 g/mol. The molecule has 0 saturated carbocycles. The molecule has 0 aromatic carbocycles. The average Bonchev–Trinajstić information content (AvgIpc) is 3.57. The van der Waals surface area contributed by atoms with Crippen molar-refractivity contribution >= 4 is 0 Å². The lowest BCUT2D eigenvalue weighted by atomic mass is 10.0. The highest BCUT2D eigenvalue weighted by Gasteiger charge is 2.41. The SMILES string of the molecule is O=c1n(C(CC2CO2)CC2CO2)c(=O)n(C(CC2CO2)CC2CO2)c(=O)n1C(CC1CO1)CC1CO1. The minimum atomic E-state index is -0.553. The molecule has 6 saturated heterocycles. The summed E-state index contributed by atoms with van der Waals surface area (Å²) in [5.74, 6) is 0. The summed E-state index contributed by atoms with van der Waals surface area (Å²) in [5.41, 5.74) is -1.66. The van der Waals surface area contributed by atoms with Gasteiger partial charge in [0.2, 0.25) is 0 Å². The third-order valence-corrected chi connectivity index (χ3v) is 7.96. The van der Waals surface area contributed by atoms with Crippen LogP contribution in [0.25, 0.3) is 0 Å². The van der Waals surface area contributed by atoms with Gasteiger partial charge >= 0.3 is 17.1 Å². The van der Waals surface area contributed by atoms with Crippen molar-refractivity contribution in [1.82, 2.24) is 13.7 Å². The van der Waals surface area contributed by atoms with E-state index in [-0.39, 0.29) is 36.6 Å².